The quantitative estimate of drug-likeness (QED) is 0.851. The van der Waals surface area contributed by atoms with Crippen molar-refractivity contribution in [2.75, 3.05) is 7.11 Å². The van der Waals surface area contributed by atoms with Crippen molar-refractivity contribution in [3.8, 4) is 17.2 Å². The first-order chi connectivity index (χ1) is 9.06. The Hall–Kier alpha value is -1.66. The lowest BCUT2D eigenvalue weighted by Gasteiger charge is -2.11. The molecule has 0 radical (unpaired) electrons. The van der Waals surface area contributed by atoms with Crippen molar-refractivity contribution < 1.29 is 9.84 Å². The van der Waals surface area contributed by atoms with Crippen LogP contribution >= 0.6 is 24.2 Å². The maximum atomic E-state index is 11.9. The van der Waals surface area contributed by atoms with E-state index >= 15 is 0 Å². The minimum Gasteiger partial charge on any atom is -0.506 e. The second-order valence-corrected chi connectivity index (χ2v) is 4.45. The minimum absolute atomic E-state index is 0.183. The van der Waals surface area contributed by atoms with E-state index in [-0.39, 0.29) is 11.5 Å². The highest BCUT2D eigenvalue weighted by atomic mass is 35.5. The van der Waals surface area contributed by atoms with Crippen molar-refractivity contribution >= 4 is 24.2 Å². The molecule has 0 bridgehead atoms. The molecular formula is C12H11ClN2O3S. The van der Waals surface area contributed by atoms with E-state index in [0.717, 1.165) is 10.7 Å². The third kappa shape index (κ3) is 2.69. The molecule has 100 valence electrons. The van der Waals surface area contributed by atoms with Gasteiger partial charge in [0.1, 0.15) is 22.9 Å². The lowest BCUT2D eigenvalue weighted by atomic mass is 10.3. The van der Waals surface area contributed by atoms with Crippen molar-refractivity contribution in [3.63, 3.8) is 0 Å². The maximum Gasteiger partial charge on any atom is 0.275 e. The molecule has 2 aromatic rings. The second kappa shape index (κ2) is 5.54. The third-order valence-corrected chi connectivity index (χ3v) is 3.04. The van der Waals surface area contributed by atoms with Gasteiger partial charge in [0.25, 0.3) is 5.56 Å². The molecule has 0 saturated carbocycles. The summed E-state index contributed by atoms with van der Waals surface area (Å²) in [6.07, 6.45) is 0. The summed E-state index contributed by atoms with van der Waals surface area (Å²) >= 11 is 9.97. The summed E-state index contributed by atoms with van der Waals surface area (Å²) in [6.45, 7) is 0. The molecule has 0 unspecified atom stereocenters. The van der Waals surface area contributed by atoms with E-state index in [4.69, 9.17) is 16.3 Å². The maximum absolute atomic E-state index is 11.9. The number of ether oxygens (including phenoxy) is 1. The highest BCUT2D eigenvalue weighted by Gasteiger charge is 2.12. The fourth-order valence-electron chi connectivity index (χ4n) is 1.60. The van der Waals surface area contributed by atoms with E-state index in [0.29, 0.717) is 22.2 Å². The number of aromatic nitrogens is 2. The average Bonchev–Trinajstić information content (AvgIpc) is 2.39. The SMILES string of the molecule is COc1ccc(Cl)cc1-n1nc(CS)c(O)cc1=O. The molecule has 1 aromatic heterocycles. The minimum atomic E-state index is -0.483. The Morgan fingerprint density at radius 3 is 2.84 bits per heavy atom. The van der Waals surface area contributed by atoms with Crippen LogP contribution in [0.1, 0.15) is 5.69 Å². The normalized spacial score (nSPS) is 10.5. The van der Waals surface area contributed by atoms with Crippen LogP contribution in [0.5, 0.6) is 11.5 Å². The molecule has 0 atom stereocenters. The molecule has 1 aromatic carbocycles. The monoisotopic (exact) mass is 298 g/mol. The molecule has 0 amide bonds. The van der Waals surface area contributed by atoms with Crippen LogP contribution in [0, 0.1) is 0 Å². The molecule has 7 heteroatoms. The second-order valence-electron chi connectivity index (χ2n) is 3.70. The van der Waals surface area contributed by atoms with Crippen molar-refractivity contribution in [2.45, 2.75) is 5.75 Å². The van der Waals surface area contributed by atoms with Gasteiger partial charge in [0.2, 0.25) is 0 Å². The summed E-state index contributed by atoms with van der Waals surface area (Å²) < 4.78 is 6.29. The Labute approximate surface area is 119 Å². The predicted octanol–water partition coefficient (Wildman–Crippen LogP) is 2.03. The molecule has 0 saturated heterocycles. The van der Waals surface area contributed by atoms with E-state index in [1.165, 1.54) is 7.11 Å². The van der Waals surface area contributed by atoms with Gasteiger partial charge in [-0.1, -0.05) is 11.6 Å². The van der Waals surface area contributed by atoms with Gasteiger partial charge in [-0.3, -0.25) is 4.79 Å². The molecule has 1 heterocycles. The van der Waals surface area contributed by atoms with Gasteiger partial charge in [-0.15, -0.1) is 0 Å². The number of hydrogen-bond donors (Lipinski definition) is 2. The third-order valence-electron chi connectivity index (χ3n) is 2.50. The molecule has 1 N–H and O–H groups in total. The summed E-state index contributed by atoms with van der Waals surface area (Å²) in [5, 5.41) is 14.1. The molecule has 0 aliphatic carbocycles. The summed E-state index contributed by atoms with van der Waals surface area (Å²) in [6, 6.07) is 5.93. The molecule has 0 aliphatic rings. The van der Waals surface area contributed by atoms with Gasteiger partial charge >= 0.3 is 0 Å². The summed E-state index contributed by atoms with van der Waals surface area (Å²) in [5.74, 6) is 0.474. The van der Waals surface area contributed by atoms with Gasteiger partial charge in [-0.25, -0.2) is 0 Å². The van der Waals surface area contributed by atoms with Gasteiger partial charge in [0, 0.05) is 16.8 Å². The summed E-state index contributed by atoms with van der Waals surface area (Å²) in [7, 11) is 1.48. The Balaban J connectivity index is 2.71. The van der Waals surface area contributed by atoms with Gasteiger partial charge in [-0.05, 0) is 18.2 Å². The zero-order valence-electron chi connectivity index (χ0n) is 10.00. The first kappa shape index (κ1) is 13.8. The topological polar surface area (TPSA) is 64.3 Å². The average molecular weight is 299 g/mol. The number of methoxy groups -OCH3 is 1. The van der Waals surface area contributed by atoms with Crippen LogP contribution < -0.4 is 10.3 Å². The number of nitrogens with zero attached hydrogens (tertiary/aromatic N) is 2. The number of benzene rings is 1. The van der Waals surface area contributed by atoms with E-state index in [1.54, 1.807) is 18.2 Å². The first-order valence-corrected chi connectivity index (χ1v) is 6.35. The number of thiol groups is 1. The van der Waals surface area contributed by atoms with Crippen LogP contribution in [0.15, 0.2) is 29.1 Å². The zero-order valence-corrected chi connectivity index (χ0v) is 11.7. The smallest absolute Gasteiger partial charge is 0.275 e. The lowest BCUT2D eigenvalue weighted by molar-refractivity contribution is 0.410. The lowest BCUT2D eigenvalue weighted by Crippen LogP contribution is -2.22. The van der Waals surface area contributed by atoms with E-state index in [2.05, 4.69) is 17.7 Å². The molecule has 5 nitrogen and oxygen atoms in total. The highest BCUT2D eigenvalue weighted by Crippen LogP contribution is 2.25. The highest BCUT2D eigenvalue weighted by molar-refractivity contribution is 7.79. The first-order valence-electron chi connectivity index (χ1n) is 5.34. The van der Waals surface area contributed by atoms with Crippen LogP contribution in [0.4, 0.5) is 0 Å². The molecule has 0 aliphatic heterocycles. The fourth-order valence-corrected chi connectivity index (χ4v) is 1.99. The summed E-state index contributed by atoms with van der Waals surface area (Å²) in [5.41, 5.74) is 0.219. The van der Waals surface area contributed by atoms with Gasteiger partial charge < -0.3 is 9.84 Å². The van der Waals surface area contributed by atoms with Crippen molar-refractivity contribution in [1.29, 1.82) is 0 Å². The van der Waals surface area contributed by atoms with E-state index in [1.807, 2.05) is 0 Å². The van der Waals surface area contributed by atoms with Gasteiger partial charge in [0.05, 0.1) is 7.11 Å². The van der Waals surface area contributed by atoms with Gasteiger partial charge in [0.15, 0.2) is 0 Å². The summed E-state index contributed by atoms with van der Waals surface area (Å²) in [4.78, 5) is 11.9. The Morgan fingerprint density at radius 1 is 1.47 bits per heavy atom. The Morgan fingerprint density at radius 2 is 2.21 bits per heavy atom. The standard InChI is InChI=1S/C12H11ClN2O3S/c1-18-11-3-2-7(13)4-9(11)15-12(17)5-10(16)8(6-19)14-15/h2-5,16,19H,6H2,1H3. The number of aromatic hydroxyl groups is 1. The van der Waals surface area contributed by atoms with Crippen LogP contribution in [-0.2, 0) is 5.75 Å². The molecular weight excluding hydrogens is 288 g/mol. The molecule has 2 rings (SSSR count). The largest absolute Gasteiger partial charge is 0.506 e. The fraction of sp³-hybridized carbons (Fsp3) is 0.167. The molecule has 0 fully saturated rings. The predicted molar refractivity (Wildman–Crippen MR) is 75.8 cm³/mol. The van der Waals surface area contributed by atoms with Crippen molar-refractivity contribution in [1.82, 2.24) is 9.78 Å². The Bertz CT molecular complexity index is 673. The van der Waals surface area contributed by atoms with E-state index in [9.17, 15) is 9.90 Å². The number of rotatable bonds is 3. The zero-order chi connectivity index (χ0) is 14.0. The van der Waals surface area contributed by atoms with Crippen molar-refractivity contribution in [2.24, 2.45) is 0 Å². The van der Waals surface area contributed by atoms with Crippen LogP contribution in [0.25, 0.3) is 5.69 Å². The van der Waals surface area contributed by atoms with Crippen LogP contribution in [0.3, 0.4) is 0 Å². The van der Waals surface area contributed by atoms with Crippen molar-refractivity contribution in [3.05, 3.63) is 45.3 Å². The van der Waals surface area contributed by atoms with Crippen LogP contribution in [-0.4, -0.2) is 22.0 Å². The molecule has 19 heavy (non-hydrogen) atoms. The van der Waals surface area contributed by atoms with Gasteiger partial charge in [-0.2, -0.15) is 22.4 Å². The Kier molecular flexibility index (Phi) is 4.01. The number of hydrogen-bond acceptors (Lipinski definition) is 5. The number of halogens is 1. The van der Waals surface area contributed by atoms with E-state index < -0.39 is 5.56 Å². The van der Waals surface area contributed by atoms with Crippen LogP contribution in [0.2, 0.25) is 5.02 Å². The molecule has 0 spiro atoms.